The number of nitrogens with one attached hydrogen (secondary N) is 1. The third-order valence-corrected chi connectivity index (χ3v) is 6.73. The molecule has 2 aliphatic rings. The van der Waals surface area contributed by atoms with E-state index in [0.29, 0.717) is 5.56 Å². The maximum atomic E-state index is 12.3. The predicted molar refractivity (Wildman–Crippen MR) is 108 cm³/mol. The van der Waals surface area contributed by atoms with E-state index in [0.717, 1.165) is 33.2 Å². The molecule has 0 saturated carbocycles. The lowest BCUT2D eigenvalue weighted by atomic mass is 10.1. The number of anilines is 1. The zero-order valence-electron chi connectivity index (χ0n) is 14.0. The Morgan fingerprint density at radius 1 is 1.35 bits per heavy atom. The summed E-state index contributed by atoms with van der Waals surface area (Å²) in [4.78, 5) is 18.1. The molecule has 8 nitrogen and oxygen atoms in total. The van der Waals surface area contributed by atoms with Crippen LogP contribution in [0, 0.1) is 5.41 Å². The fourth-order valence-corrected chi connectivity index (χ4v) is 4.70. The van der Waals surface area contributed by atoms with Crippen molar-refractivity contribution in [3.63, 3.8) is 0 Å². The van der Waals surface area contributed by atoms with Gasteiger partial charge in [0.2, 0.25) is 19.4 Å². The lowest BCUT2D eigenvalue weighted by Crippen LogP contribution is -2.35. The summed E-state index contributed by atoms with van der Waals surface area (Å²) in [6.07, 6.45) is 2.55. The van der Waals surface area contributed by atoms with Crippen LogP contribution in [-0.2, 0) is 14.6 Å². The molecule has 26 heavy (non-hydrogen) atoms. The fourth-order valence-electron chi connectivity index (χ4n) is 2.27. The van der Waals surface area contributed by atoms with Gasteiger partial charge in [0.15, 0.2) is 5.84 Å². The molecule has 2 aliphatic heterocycles. The van der Waals surface area contributed by atoms with E-state index in [1.807, 2.05) is 37.2 Å². The van der Waals surface area contributed by atoms with Crippen LogP contribution in [-0.4, -0.2) is 55.1 Å². The Kier molecular flexibility index (Phi) is 4.80. The molecule has 11 heteroatoms. The number of hydrogen-bond donors (Lipinski definition) is 1. The van der Waals surface area contributed by atoms with Crippen molar-refractivity contribution in [2.45, 2.75) is 0 Å². The van der Waals surface area contributed by atoms with E-state index in [1.54, 1.807) is 0 Å². The first-order valence-corrected chi connectivity index (χ1v) is 10.7. The number of aliphatic imine (C=N–C) groups is 1. The van der Waals surface area contributed by atoms with E-state index < -0.39 is 15.7 Å². The summed E-state index contributed by atoms with van der Waals surface area (Å²) in [5.74, 6) is -0.814. The van der Waals surface area contributed by atoms with Crippen LogP contribution in [0.1, 0.15) is 5.56 Å². The van der Waals surface area contributed by atoms with Gasteiger partial charge in [-0.05, 0) is 51.5 Å². The minimum atomic E-state index is -3.54. The smallest absolute Gasteiger partial charge is 0.283 e. The summed E-state index contributed by atoms with van der Waals surface area (Å²) in [5, 5.41) is 13.3. The highest BCUT2D eigenvalue weighted by Crippen LogP contribution is 2.31. The molecule has 1 aromatic carbocycles. The number of sulfone groups is 1. The zero-order valence-corrected chi connectivity index (χ0v) is 17.2. The Morgan fingerprint density at radius 3 is 2.62 bits per heavy atom. The first-order chi connectivity index (χ1) is 12.1. The maximum absolute atomic E-state index is 12.3. The largest absolute Gasteiger partial charge is 0.377 e. The van der Waals surface area contributed by atoms with E-state index in [1.165, 1.54) is 6.08 Å². The number of amidine groups is 2. The van der Waals surface area contributed by atoms with Crippen molar-refractivity contribution in [1.82, 2.24) is 5.01 Å². The van der Waals surface area contributed by atoms with Gasteiger partial charge in [0, 0.05) is 24.8 Å². The Bertz CT molecular complexity index is 1030. The number of amides is 1. The molecule has 3 rings (SSSR count). The Labute approximate surface area is 163 Å². The molecule has 136 valence electrons. The number of fused-ring (bicyclic) bond motifs is 1. The van der Waals surface area contributed by atoms with Gasteiger partial charge in [-0.15, -0.1) is 5.10 Å². The molecule has 0 radical (unpaired) electrons. The second kappa shape index (κ2) is 6.63. The van der Waals surface area contributed by atoms with Crippen LogP contribution in [0.5, 0.6) is 0 Å². The number of nitrogens with zero attached hydrogens (tertiary/aromatic N) is 4. The van der Waals surface area contributed by atoms with Gasteiger partial charge < -0.3 is 4.90 Å². The second-order valence-corrected chi connectivity index (χ2v) is 9.76. The molecule has 0 saturated heterocycles. The number of hydrazone groups is 1. The van der Waals surface area contributed by atoms with Crippen LogP contribution in [0.25, 0.3) is 6.08 Å². The van der Waals surface area contributed by atoms with E-state index in [4.69, 9.17) is 5.41 Å². The van der Waals surface area contributed by atoms with E-state index in [2.05, 4.69) is 26.0 Å². The molecular formula is C15H14BrN5O3S2. The quantitative estimate of drug-likeness (QED) is 0.684. The third-order valence-electron chi connectivity index (χ3n) is 3.52. The minimum absolute atomic E-state index is 0.0392. The number of carbonyl (C=O) groups is 1. The van der Waals surface area contributed by atoms with Gasteiger partial charge in [0.05, 0.1) is 11.3 Å². The van der Waals surface area contributed by atoms with Crippen molar-refractivity contribution in [1.29, 1.82) is 5.41 Å². The SMILES string of the molecule is CN(C)c1ccc(/C=C2/C(=N)N3N=C(S(C)(=O)=O)SC3=NC2=O)cc1Br. The summed E-state index contributed by atoms with van der Waals surface area (Å²) >= 11 is 4.24. The average molecular weight is 456 g/mol. The Balaban J connectivity index is 1.99. The van der Waals surface area contributed by atoms with Crippen molar-refractivity contribution in [2.75, 3.05) is 25.3 Å². The van der Waals surface area contributed by atoms with Gasteiger partial charge >= 0.3 is 0 Å². The highest BCUT2D eigenvalue weighted by Gasteiger charge is 2.38. The summed E-state index contributed by atoms with van der Waals surface area (Å²) in [7, 11) is 0.283. The standard InChI is InChI=1S/C15H14BrN5O3S2/c1-20(2)11-5-4-8(7-10(11)16)6-9-12(17)21-14(18-13(9)22)25-15(19-21)26(3,23)24/h4-7,17H,1-3H3/b9-6-,17-12?. The van der Waals surface area contributed by atoms with Crippen molar-refractivity contribution >= 4 is 70.6 Å². The summed E-state index contributed by atoms with van der Waals surface area (Å²) in [5.41, 5.74) is 1.71. The lowest BCUT2D eigenvalue weighted by Gasteiger charge is -2.20. The molecule has 1 N–H and O–H groups in total. The summed E-state index contributed by atoms with van der Waals surface area (Å²) in [6.45, 7) is 0. The molecule has 0 aliphatic carbocycles. The van der Waals surface area contributed by atoms with Crippen molar-refractivity contribution < 1.29 is 13.2 Å². The Morgan fingerprint density at radius 2 is 2.04 bits per heavy atom. The van der Waals surface area contributed by atoms with Crippen molar-refractivity contribution in [3.05, 3.63) is 33.8 Å². The van der Waals surface area contributed by atoms with Crippen molar-refractivity contribution in [2.24, 2.45) is 10.1 Å². The number of rotatable bonds is 2. The first kappa shape index (κ1) is 18.8. The van der Waals surface area contributed by atoms with Crippen molar-refractivity contribution in [3.8, 4) is 0 Å². The molecule has 2 heterocycles. The lowest BCUT2D eigenvalue weighted by molar-refractivity contribution is -0.114. The van der Waals surface area contributed by atoms with Gasteiger partial charge in [0.25, 0.3) is 5.91 Å². The second-order valence-electron chi connectivity index (χ2n) is 5.76. The van der Waals surface area contributed by atoms with Crippen LogP contribution in [0.3, 0.4) is 0 Å². The first-order valence-electron chi connectivity index (χ1n) is 7.25. The zero-order chi connectivity index (χ0) is 19.2. The molecule has 0 bridgehead atoms. The van der Waals surface area contributed by atoms with Gasteiger partial charge in [-0.1, -0.05) is 6.07 Å². The normalized spacial score (nSPS) is 18.8. The monoisotopic (exact) mass is 455 g/mol. The number of benzene rings is 1. The summed E-state index contributed by atoms with van der Waals surface area (Å²) < 4.78 is 24.0. The number of thioether (sulfide) groups is 1. The van der Waals surface area contributed by atoms with Gasteiger partial charge in [-0.3, -0.25) is 10.2 Å². The van der Waals surface area contributed by atoms with Crippen LogP contribution in [0.2, 0.25) is 0 Å². The average Bonchev–Trinajstić information content (AvgIpc) is 2.95. The Hall–Kier alpha value is -1.98. The van der Waals surface area contributed by atoms with E-state index in [-0.39, 0.29) is 21.0 Å². The van der Waals surface area contributed by atoms with E-state index in [9.17, 15) is 13.2 Å². The summed E-state index contributed by atoms with van der Waals surface area (Å²) in [6, 6.07) is 5.52. The molecule has 1 amide bonds. The van der Waals surface area contributed by atoms with Gasteiger partial charge in [-0.2, -0.15) is 10.0 Å². The van der Waals surface area contributed by atoms with Gasteiger partial charge in [0.1, 0.15) is 0 Å². The van der Waals surface area contributed by atoms with Crippen LogP contribution in [0.15, 0.2) is 38.3 Å². The van der Waals surface area contributed by atoms with Gasteiger partial charge in [-0.25, -0.2) is 8.42 Å². The third kappa shape index (κ3) is 3.46. The topological polar surface area (TPSA) is 106 Å². The molecule has 1 aromatic rings. The number of halogens is 1. The fraction of sp³-hybridized carbons (Fsp3) is 0.200. The highest BCUT2D eigenvalue weighted by molar-refractivity contribution is 9.10. The minimum Gasteiger partial charge on any atom is -0.377 e. The van der Waals surface area contributed by atoms with Crippen LogP contribution < -0.4 is 4.90 Å². The number of carbonyl (C=O) groups excluding carboxylic acids is 1. The molecule has 0 atom stereocenters. The molecule has 0 fully saturated rings. The van der Waals surface area contributed by atoms with Crippen LogP contribution >= 0.6 is 27.7 Å². The number of hydrogen-bond acceptors (Lipinski definition) is 7. The maximum Gasteiger partial charge on any atom is 0.283 e. The predicted octanol–water partition coefficient (Wildman–Crippen LogP) is 2.14. The van der Waals surface area contributed by atoms with Crippen LogP contribution in [0.4, 0.5) is 5.69 Å². The highest BCUT2D eigenvalue weighted by atomic mass is 79.9. The van der Waals surface area contributed by atoms with E-state index >= 15 is 0 Å². The molecule has 0 spiro atoms. The molecule has 0 unspecified atom stereocenters. The molecular weight excluding hydrogens is 442 g/mol. The molecule has 0 aromatic heterocycles.